The van der Waals surface area contributed by atoms with Gasteiger partial charge in [-0.1, -0.05) is 45.7 Å². The van der Waals surface area contributed by atoms with E-state index in [0.717, 1.165) is 15.6 Å². The molecule has 0 aliphatic rings. The number of ether oxygens (including phenoxy) is 2. The van der Waals surface area contributed by atoms with Gasteiger partial charge in [-0.05, 0) is 25.1 Å². The maximum absolute atomic E-state index is 9.41. The van der Waals surface area contributed by atoms with Crippen LogP contribution in [0.25, 0.3) is 0 Å². The van der Waals surface area contributed by atoms with E-state index >= 15 is 0 Å². The third kappa shape index (κ3) is 5.11. The molecule has 0 fully saturated rings. The van der Waals surface area contributed by atoms with Crippen molar-refractivity contribution in [2.75, 3.05) is 13.7 Å². The molecule has 0 heterocycles. The van der Waals surface area contributed by atoms with Gasteiger partial charge in [-0.3, -0.25) is 0 Å². The van der Waals surface area contributed by atoms with Crippen molar-refractivity contribution in [2.24, 2.45) is 0 Å². The van der Waals surface area contributed by atoms with Crippen LogP contribution in [0.15, 0.2) is 40.9 Å². The summed E-state index contributed by atoms with van der Waals surface area (Å²) in [7, 11) is 1.61. The number of methoxy groups -OCH3 is 1. The molecule has 0 aliphatic carbocycles. The summed E-state index contributed by atoms with van der Waals surface area (Å²) >= 11 is 9.75. The summed E-state index contributed by atoms with van der Waals surface area (Å²) in [5.74, 6) is 1.31. The average Bonchev–Trinajstić information content (AvgIpc) is 2.56. The first-order valence-electron chi connectivity index (χ1n) is 7.63. The van der Waals surface area contributed by atoms with E-state index in [2.05, 4.69) is 21.2 Å². The number of aliphatic hydroxyl groups is 1. The lowest BCUT2D eigenvalue weighted by Crippen LogP contribution is -2.24. The molecule has 2 aromatic carbocycles. The Morgan fingerprint density at radius 1 is 1.25 bits per heavy atom. The fourth-order valence-electron chi connectivity index (χ4n) is 2.24. The molecule has 0 saturated carbocycles. The van der Waals surface area contributed by atoms with Gasteiger partial charge >= 0.3 is 0 Å². The standard InChI is InChI=1S/C18H21BrClNO3/c1-12(22)9-21-10-14-15(19)7-8-17(23-2)18(14)24-11-13-5-3-4-6-16(13)20/h3-8,12,21-22H,9-11H2,1-2H3. The molecule has 2 N–H and O–H groups in total. The minimum atomic E-state index is -0.415. The molecule has 6 heteroatoms. The predicted molar refractivity (Wildman–Crippen MR) is 99.9 cm³/mol. The van der Waals surface area contributed by atoms with Crippen LogP contribution in [0, 0.1) is 0 Å². The van der Waals surface area contributed by atoms with E-state index in [-0.39, 0.29) is 0 Å². The second kappa shape index (κ2) is 9.28. The Morgan fingerprint density at radius 2 is 2.00 bits per heavy atom. The highest BCUT2D eigenvalue weighted by Crippen LogP contribution is 2.37. The normalized spacial score (nSPS) is 12.0. The van der Waals surface area contributed by atoms with Gasteiger partial charge in [0.05, 0.1) is 13.2 Å². The smallest absolute Gasteiger partial charge is 0.167 e. The van der Waals surface area contributed by atoms with E-state index in [1.54, 1.807) is 14.0 Å². The lowest BCUT2D eigenvalue weighted by molar-refractivity contribution is 0.190. The number of aliphatic hydroxyl groups excluding tert-OH is 1. The number of hydrogen-bond acceptors (Lipinski definition) is 4. The Balaban J connectivity index is 2.22. The molecular formula is C18H21BrClNO3. The van der Waals surface area contributed by atoms with Gasteiger partial charge in [0.15, 0.2) is 11.5 Å². The van der Waals surface area contributed by atoms with Gasteiger partial charge < -0.3 is 19.9 Å². The quantitative estimate of drug-likeness (QED) is 0.681. The largest absolute Gasteiger partial charge is 0.493 e. The molecule has 1 atom stereocenters. The molecular weight excluding hydrogens is 394 g/mol. The fraction of sp³-hybridized carbons (Fsp3) is 0.333. The predicted octanol–water partition coefficient (Wildman–Crippen LogP) is 4.16. The van der Waals surface area contributed by atoms with Crippen molar-refractivity contribution < 1.29 is 14.6 Å². The van der Waals surface area contributed by atoms with Crippen LogP contribution in [-0.2, 0) is 13.2 Å². The highest BCUT2D eigenvalue weighted by Gasteiger charge is 2.15. The van der Waals surface area contributed by atoms with Gasteiger partial charge in [-0.15, -0.1) is 0 Å². The second-order valence-corrected chi connectivity index (χ2v) is 6.68. The Hall–Kier alpha value is -1.27. The van der Waals surface area contributed by atoms with Crippen LogP contribution in [-0.4, -0.2) is 24.9 Å². The fourth-order valence-corrected chi connectivity index (χ4v) is 2.88. The van der Waals surface area contributed by atoms with Crippen LogP contribution < -0.4 is 14.8 Å². The Morgan fingerprint density at radius 3 is 2.67 bits per heavy atom. The molecule has 1 unspecified atom stereocenters. The molecule has 0 aromatic heterocycles. The molecule has 0 spiro atoms. The van der Waals surface area contributed by atoms with E-state index < -0.39 is 6.10 Å². The van der Waals surface area contributed by atoms with Crippen LogP contribution in [0.4, 0.5) is 0 Å². The van der Waals surface area contributed by atoms with Crippen LogP contribution >= 0.6 is 27.5 Å². The van der Waals surface area contributed by atoms with E-state index in [4.69, 9.17) is 21.1 Å². The molecule has 2 aromatic rings. The summed E-state index contributed by atoms with van der Waals surface area (Å²) < 4.78 is 12.4. The Kier molecular flexibility index (Phi) is 7.37. The van der Waals surface area contributed by atoms with E-state index in [9.17, 15) is 5.11 Å². The highest BCUT2D eigenvalue weighted by atomic mass is 79.9. The van der Waals surface area contributed by atoms with Crippen molar-refractivity contribution in [1.82, 2.24) is 5.32 Å². The van der Waals surface area contributed by atoms with Gasteiger partial charge in [0.1, 0.15) is 6.61 Å². The first-order chi connectivity index (χ1) is 11.5. The molecule has 130 valence electrons. The molecule has 4 nitrogen and oxygen atoms in total. The van der Waals surface area contributed by atoms with Gasteiger partial charge in [-0.2, -0.15) is 0 Å². The first-order valence-corrected chi connectivity index (χ1v) is 8.80. The van der Waals surface area contributed by atoms with Gasteiger partial charge in [-0.25, -0.2) is 0 Å². The maximum atomic E-state index is 9.41. The molecule has 0 bridgehead atoms. The summed E-state index contributed by atoms with van der Waals surface area (Å²) in [6.07, 6.45) is -0.415. The first kappa shape index (κ1) is 19.1. The van der Waals surface area contributed by atoms with Gasteiger partial charge in [0.25, 0.3) is 0 Å². The van der Waals surface area contributed by atoms with Crippen LogP contribution in [0.1, 0.15) is 18.1 Å². The SMILES string of the molecule is COc1ccc(Br)c(CNCC(C)O)c1OCc1ccccc1Cl. The van der Waals surface area contributed by atoms with Crippen molar-refractivity contribution in [1.29, 1.82) is 0 Å². The van der Waals surface area contributed by atoms with Crippen LogP contribution in [0.3, 0.4) is 0 Å². The number of rotatable bonds is 8. The summed E-state index contributed by atoms with van der Waals surface area (Å²) in [6, 6.07) is 11.3. The number of halogens is 2. The van der Waals surface area contributed by atoms with Crippen LogP contribution in [0.2, 0.25) is 5.02 Å². The Bertz CT molecular complexity index is 679. The van der Waals surface area contributed by atoms with Crippen molar-refractivity contribution >= 4 is 27.5 Å². The van der Waals surface area contributed by atoms with E-state index in [1.165, 1.54) is 0 Å². The topological polar surface area (TPSA) is 50.7 Å². The molecule has 24 heavy (non-hydrogen) atoms. The average molecular weight is 415 g/mol. The lowest BCUT2D eigenvalue weighted by atomic mass is 10.1. The number of hydrogen-bond donors (Lipinski definition) is 2. The minimum Gasteiger partial charge on any atom is -0.493 e. The minimum absolute atomic E-state index is 0.343. The highest BCUT2D eigenvalue weighted by molar-refractivity contribution is 9.10. The summed E-state index contributed by atoms with van der Waals surface area (Å²) in [4.78, 5) is 0. The lowest BCUT2D eigenvalue weighted by Gasteiger charge is -2.18. The van der Waals surface area contributed by atoms with Crippen molar-refractivity contribution in [3.63, 3.8) is 0 Å². The van der Waals surface area contributed by atoms with Crippen molar-refractivity contribution in [3.05, 3.63) is 57.0 Å². The zero-order valence-corrected chi connectivity index (χ0v) is 16.0. The molecule has 0 radical (unpaired) electrons. The summed E-state index contributed by atoms with van der Waals surface area (Å²) in [6.45, 7) is 3.12. The van der Waals surface area contributed by atoms with E-state index in [0.29, 0.717) is 36.2 Å². The van der Waals surface area contributed by atoms with Gasteiger partial charge in [0, 0.05) is 33.7 Å². The Labute approximate surface area is 155 Å². The van der Waals surface area contributed by atoms with Gasteiger partial charge in [0.2, 0.25) is 0 Å². The second-order valence-electron chi connectivity index (χ2n) is 5.42. The van der Waals surface area contributed by atoms with Crippen molar-refractivity contribution in [2.45, 2.75) is 26.2 Å². The monoisotopic (exact) mass is 413 g/mol. The van der Waals surface area contributed by atoms with E-state index in [1.807, 2.05) is 36.4 Å². The molecule has 0 aliphatic heterocycles. The molecule has 2 rings (SSSR count). The molecule has 0 amide bonds. The molecule has 0 saturated heterocycles. The third-order valence-electron chi connectivity index (χ3n) is 3.46. The van der Waals surface area contributed by atoms with Crippen LogP contribution in [0.5, 0.6) is 11.5 Å². The summed E-state index contributed by atoms with van der Waals surface area (Å²) in [5, 5.41) is 13.3. The zero-order chi connectivity index (χ0) is 17.5. The zero-order valence-electron chi connectivity index (χ0n) is 13.7. The third-order valence-corrected chi connectivity index (χ3v) is 4.57. The number of benzene rings is 2. The maximum Gasteiger partial charge on any atom is 0.167 e. The number of nitrogens with one attached hydrogen (secondary N) is 1. The summed E-state index contributed by atoms with van der Waals surface area (Å²) in [5.41, 5.74) is 1.84. The van der Waals surface area contributed by atoms with Crippen molar-refractivity contribution in [3.8, 4) is 11.5 Å².